The molecule has 3 heterocycles. The number of methoxy groups -OCH3 is 1. The lowest BCUT2D eigenvalue weighted by Gasteiger charge is -2.26. The third-order valence-electron chi connectivity index (χ3n) is 5.52. The van der Waals surface area contributed by atoms with Crippen LogP contribution in [-0.4, -0.2) is 62.2 Å². The Labute approximate surface area is 185 Å². The zero-order valence-electron chi connectivity index (χ0n) is 17.7. The molecule has 0 radical (unpaired) electrons. The molecule has 0 saturated heterocycles. The number of pyridine rings is 1. The van der Waals surface area contributed by atoms with Crippen LogP contribution in [0.3, 0.4) is 0 Å². The Morgan fingerprint density at radius 1 is 1.28 bits per heavy atom. The molecule has 1 aliphatic rings. The smallest absolute Gasteiger partial charge is 0.239 e. The number of nitrogens with one attached hydrogen (secondary N) is 2. The Bertz CT molecular complexity index is 1320. The second-order valence-corrected chi connectivity index (χ2v) is 9.36. The molecule has 0 spiro atoms. The summed E-state index contributed by atoms with van der Waals surface area (Å²) >= 11 is 0. The quantitative estimate of drug-likeness (QED) is 0.591. The number of fused-ring (bicyclic) bond motifs is 1. The van der Waals surface area contributed by atoms with Crippen molar-refractivity contribution in [1.29, 1.82) is 0 Å². The molecule has 1 aromatic carbocycles. The summed E-state index contributed by atoms with van der Waals surface area (Å²) < 4.78 is 44.8. The number of aromatic nitrogens is 2. The predicted molar refractivity (Wildman–Crippen MR) is 120 cm³/mol. The van der Waals surface area contributed by atoms with Gasteiger partial charge in [-0.3, -0.25) is 4.79 Å². The molecule has 10 heteroatoms. The zero-order valence-corrected chi connectivity index (χ0v) is 18.5. The summed E-state index contributed by atoms with van der Waals surface area (Å²) in [7, 11) is -0.777. The Morgan fingerprint density at radius 3 is 2.78 bits per heavy atom. The first-order chi connectivity index (χ1) is 15.3. The molecule has 2 aromatic heterocycles. The number of carbonyl (C=O) groups is 1. The molecular formula is C22H23FN4O4S. The van der Waals surface area contributed by atoms with Crippen LogP contribution in [0.15, 0.2) is 42.6 Å². The minimum atomic E-state index is -3.60. The number of amides is 1. The van der Waals surface area contributed by atoms with Crippen LogP contribution < -0.4 is 9.46 Å². The van der Waals surface area contributed by atoms with E-state index in [0.29, 0.717) is 36.5 Å². The third-order valence-corrected chi connectivity index (χ3v) is 6.76. The molecule has 0 fully saturated rings. The van der Waals surface area contributed by atoms with Crippen molar-refractivity contribution in [3.8, 4) is 16.9 Å². The summed E-state index contributed by atoms with van der Waals surface area (Å²) in [4.78, 5) is 21.5. The van der Waals surface area contributed by atoms with Crippen LogP contribution in [0.5, 0.6) is 5.75 Å². The van der Waals surface area contributed by atoms with Gasteiger partial charge in [0.1, 0.15) is 23.0 Å². The van der Waals surface area contributed by atoms with Gasteiger partial charge >= 0.3 is 0 Å². The monoisotopic (exact) mass is 458 g/mol. The van der Waals surface area contributed by atoms with E-state index in [9.17, 15) is 17.6 Å². The number of H-pyrrole nitrogens is 1. The normalized spacial score (nSPS) is 14.5. The van der Waals surface area contributed by atoms with E-state index in [1.165, 1.54) is 24.1 Å². The molecule has 32 heavy (non-hydrogen) atoms. The topological polar surface area (TPSA) is 104 Å². The molecule has 3 aromatic rings. The summed E-state index contributed by atoms with van der Waals surface area (Å²) in [5, 5.41) is 0.825. The van der Waals surface area contributed by atoms with E-state index in [1.807, 2.05) is 18.2 Å². The molecule has 0 bridgehead atoms. The van der Waals surface area contributed by atoms with E-state index in [2.05, 4.69) is 14.7 Å². The van der Waals surface area contributed by atoms with Crippen molar-refractivity contribution in [3.63, 3.8) is 0 Å². The summed E-state index contributed by atoms with van der Waals surface area (Å²) in [5.74, 6) is -0.804. The highest BCUT2D eigenvalue weighted by molar-refractivity contribution is 7.90. The van der Waals surface area contributed by atoms with Crippen LogP contribution in [-0.2, 0) is 14.8 Å². The van der Waals surface area contributed by atoms with Gasteiger partial charge < -0.3 is 14.6 Å². The van der Waals surface area contributed by atoms with Crippen molar-refractivity contribution >= 4 is 32.5 Å². The molecule has 0 saturated carbocycles. The van der Waals surface area contributed by atoms with Crippen LogP contribution in [0, 0.1) is 5.82 Å². The van der Waals surface area contributed by atoms with Crippen molar-refractivity contribution in [1.82, 2.24) is 19.6 Å². The van der Waals surface area contributed by atoms with Crippen LogP contribution >= 0.6 is 0 Å². The lowest BCUT2D eigenvalue weighted by Crippen LogP contribution is -2.40. The van der Waals surface area contributed by atoms with Gasteiger partial charge in [-0.25, -0.2) is 22.5 Å². The van der Waals surface area contributed by atoms with E-state index < -0.39 is 21.7 Å². The maximum Gasteiger partial charge on any atom is 0.239 e. The Morgan fingerprint density at radius 2 is 2.09 bits per heavy atom. The predicted octanol–water partition coefficient (Wildman–Crippen LogP) is 2.54. The average molecular weight is 459 g/mol. The van der Waals surface area contributed by atoms with E-state index in [4.69, 9.17) is 4.74 Å². The summed E-state index contributed by atoms with van der Waals surface area (Å²) in [5.41, 5.74) is 3.93. The van der Waals surface area contributed by atoms with Gasteiger partial charge in [-0.05, 0) is 54.9 Å². The van der Waals surface area contributed by atoms with Crippen molar-refractivity contribution in [2.45, 2.75) is 6.42 Å². The summed E-state index contributed by atoms with van der Waals surface area (Å²) in [6.07, 6.45) is 4.12. The second kappa shape index (κ2) is 8.71. The van der Waals surface area contributed by atoms with Crippen LogP contribution in [0.2, 0.25) is 0 Å². The van der Waals surface area contributed by atoms with Crippen molar-refractivity contribution in [3.05, 3.63) is 54.1 Å². The van der Waals surface area contributed by atoms with Gasteiger partial charge in [0.15, 0.2) is 0 Å². The molecule has 8 nitrogen and oxygen atoms in total. The zero-order chi connectivity index (χ0) is 22.9. The number of hydrogen-bond acceptors (Lipinski definition) is 5. The van der Waals surface area contributed by atoms with E-state index in [0.717, 1.165) is 22.2 Å². The van der Waals surface area contributed by atoms with Gasteiger partial charge in [-0.1, -0.05) is 6.08 Å². The lowest BCUT2D eigenvalue weighted by atomic mass is 10.0. The number of ether oxygens (including phenoxy) is 1. The first-order valence-electron chi connectivity index (χ1n) is 10.0. The number of aromatic amines is 1. The fraction of sp³-hybridized carbons (Fsp3) is 0.273. The number of sulfonamides is 1. The standard InChI is InChI=1S/C22H23FN4O4S/c1-24-32(29,30)13-21(28)27-9-6-14(7-10-27)19-12-18-16(5-8-25-22(18)26-19)17-11-15(23)3-4-20(17)31-2/h3-6,8,11-12,24H,7,9-10,13H2,1-2H3,(H,25,26). The first-order valence-corrected chi connectivity index (χ1v) is 11.7. The van der Waals surface area contributed by atoms with E-state index >= 15 is 0 Å². The number of hydrogen-bond donors (Lipinski definition) is 2. The molecule has 0 unspecified atom stereocenters. The third kappa shape index (κ3) is 4.37. The maximum atomic E-state index is 13.9. The SMILES string of the molecule is CNS(=O)(=O)CC(=O)N1CC=C(c2cc3c(-c4cc(F)ccc4OC)ccnc3[nH]2)CC1. The Hall–Kier alpha value is -3.24. The number of halogens is 1. The number of nitrogens with zero attached hydrogens (tertiary/aromatic N) is 2. The molecular weight excluding hydrogens is 435 g/mol. The van der Waals surface area contributed by atoms with Crippen LogP contribution in [0.4, 0.5) is 4.39 Å². The number of carbonyl (C=O) groups excluding carboxylic acids is 1. The van der Waals surface area contributed by atoms with E-state index in [1.54, 1.807) is 19.4 Å². The molecule has 2 N–H and O–H groups in total. The van der Waals surface area contributed by atoms with Crippen LogP contribution in [0.25, 0.3) is 27.7 Å². The fourth-order valence-corrected chi connectivity index (χ4v) is 4.44. The van der Waals surface area contributed by atoms with Gasteiger partial charge in [-0.2, -0.15) is 0 Å². The van der Waals surface area contributed by atoms with Gasteiger partial charge in [0.25, 0.3) is 0 Å². The minimum absolute atomic E-state index is 0.320. The Balaban J connectivity index is 1.62. The maximum absolute atomic E-state index is 13.9. The minimum Gasteiger partial charge on any atom is -0.496 e. The highest BCUT2D eigenvalue weighted by Gasteiger charge is 2.23. The number of rotatable bonds is 6. The van der Waals surface area contributed by atoms with Gasteiger partial charge in [0.05, 0.1) is 7.11 Å². The van der Waals surface area contributed by atoms with Gasteiger partial charge in [0, 0.05) is 35.9 Å². The van der Waals surface area contributed by atoms with Gasteiger partial charge in [0.2, 0.25) is 15.9 Å². The fourth-order valence-electron chi connectivity index (χ4n) is 3.79. The molecule has 4 rings (SSSR count). The highest BCUT2D eigenvalue weighted by atomic mass is 32.2. The van der Waals surface area contributed by atoms with Crippen molar-refractivity contribution in [2.24, 2.45) is 0 Å². The molecule has 168 valence electrons. The van der Waals surface area contributed by atoms with Crippen molar-refractivity contribution in [2.75, 3.05) is 33.0 Å². The lowest BCUT2D eigenvalue weighted by molar-refractivity contribution is -0.128. The number of benzene rings is 1. The Kier molecular flexibility index (Phi) is 5.98. The molecule has 1 aliphatic heterocycles. The molecule has 0 aliphatic carbocycles. The van der Waals surface area contributed by atoms with Crippen LogP contribution in [0.1, 0.15) is 12.1 Å². The van der Waals surface area contributed by atoms with Gasteiger partial charge in [-0.15, -0.1) is 0 Å². The molecule has 1 amide bonds. The molecule has 0 atom stereocenters. The summed E-state index contributed by atoms with van der Waals surface area (Å²) in [6, 6.07) is 8.15. The average Bonchev–Trinajstić information content (AvgIpc) is 3.23. The summed E-state index contributed by atoms with van der Waals surface area (Å²) in [6.45, 7) is 0.734. The largest absolute Gasteiger partial charge is 0.496 e. The first kappa shape index (κ1) is 22.0. The highest BCUT2D eigenvalue weighted by Crippen LogP contribution is 2.36. The van der Waals surface area contributed by atoms with E-state index in [-0.39, 0.29) is 5.82 Å². The second-order valence-electron chi connectivity index (χ2n) is 7.43. The van der Waals surface area contributed by atoms with Crippen molar-refractivity contribution < 1.29 is 22.3 Å².